The average molecular weight is 244 g/mol. The lowest BCUT2D eigenvalue weighted by atomic mass is 9.92. The minimum absolute atomic E-state index is 0.497. The monoisotopic (exact) mass is 244 g/mol. The third-order valence-corrected chi connectivity index (χ3v) is 3.28. The van der Waals surface area contributed by atoms with E-state index in [1.54, 1.807) is 6.92 Å². The van der Waals surface area contributed by atoms with E-state index in [2.05, 4.69) is 44.7 Å². The number of aliphatic hydroxyl groups is 1. The van der Waals surface area contributed by atoms with Crippen LogP contribution in [0.25, 0.3) is 0 Å². The lowest BCUT2D eigenvalue weighted by molar-refractivity contribution is 0.0939. The predicted molar refractivity (Wildman–Crippen MR) is 77.4 cm³/mol. The molecule has 0 radical (unpaired) electrons. The Labute approximate surface area is 111 Å². The summed E-state index contributed by atoms with van der Waals surface area (Å²) in [7, 11) is 0. The molecule has 1 aromatic rings. The van der Waals surface area contributed by atoms with Crippen molar-refractivity contribution in [2.24, 2.45) is 5.92 Å². The van der Waals surface area contributed by atoms with Gasteiger partial charge in [-0.1, -0.05) is 51.2 Å². The molecule has 1 heteroatoms. The highest BCUT2D eigenvalue weighted by Crippen LogP contribution is 2.18. The first-order valence-corrected chi connectivity index (χ1v) is 6.81. The Balaban J connectivity index is 2.73. The van der Waals surface area contributed by atoms with Crippen LogP contribution in [0, 0.1) is 17.8 Å². The van der Waals surface area contributed by atoms with Gasteiger partial charge in [0.05, 0.1) is 0 Å². The maximum Gasteiger partial charge on any atom is 0.123 e. The highest BCUT2D eigenvalue weighted by Gasteiger charge is 2.19. The van der Waals surface area contributed by atoms with Crippen molar-refractivity contribution in [3.8, 4) is 11.8 Å². The van der Waals surface area contributed by atoms with Crippen molar-refractivity contribution in [2.75, 3.05) is 0 Å². The van der Waals surface area contributed by atoms with Gasteiger partial charge in [-0.25, -0.2) is 0 Å². The standard InChI is InChI=1S/C17H24O/c1-5-14(3)13-17(4,18)12-11-16-9-7-15(6-2)8-10-16/h7-10,14,18H,5-6,13H2,1-4H3. The fourth-order valence-electron chi connectivity index (χ4n) is 1.90. The third-order valence-electron chi connectivity index (χ3n) is 3.28. The second-order valence-electron chi connectivity index (χ2n) is 5.29. The van der Waals surface area contributed by atoms with Gasteiger partial charge in [0.2, 0.25) is 0 Å². The molecule has 0 saturated carbocycles. The second kappa shape index (κ2) is 6.61. The Hall–Kier alpha value is -1.26. The second-order valence-corrected chi connectivity index (χ2v) is 5.29. The molecule has 1 rings (SSSR count). The number of rotatable bonds is 4. The van der Waals surface area contributed by atoms with E-state index in [1.165, 1.54) is 5.56 Å². The molecule has 0 aromatic heterocycles. The van der Waals surface area contributed by atoms with Gasteiger partial charge in [-0.05, 0) is 43.4 Å². The first-order chi connectivity index (χ1) is 8.46. The molecule has 1 nitrogen and oxygen atoms in total. The molecule has 0 aliphatic heterocycles. The van der Waals surface area contributed by atoms with Crippen LogP contribution in [0.15, 0.2) is 24.3 Å². The molecular formula is C17H24O. The molecule has 0 bridgehead atoms. The molecule has 0 spiro atoms. The van der Waals surface area contributed by atoms with E-state index in [4.69, 9.17) is 0 Å². The molecule has 0 amide bonds. The maximum absolute atomic E-state index is 10.2. The summed E-state index contributed by atoms with van der Waals surface area (Å²) >= 11 is 0. The number of hydrogen-bond acceptors (Lipinski definition) is 1. The summed E-state index contributed by atoms with van der Waals surface area (Å²) in [4.78, 5) is 0. The summed E-state index contributed by atoms with van der Waals surface area (Å²) in [5.41, 5.74) is 1.39. The molecule has 1 aromatic carbocycles. The van der Waals surface area contributed by atoms with Gasteiger partial charge in [0, 0.05) is 5.56 Å². The van der Waals surface area contributed by atoms with Crippen LogP contribution in [-0.4, -0.2) is 10.7 Å². The van der Waals surface area contributed by atoms with Crippen LogP contribution in [0.4, 0.5) is 0 Å². The van der Waals surface area contributed by atoms with Crippen molar-refractivity contribution in [3.63, 3.8) is 0 Å². The van der Waals surface area contributed by atoms with Crippen LogP contribution in [0.2, 0.25) is 0 Å². The van der Waals surface area contributed by atoms with E-state index >= 15 is 0 Å². The van der Waals surface area contributed by atoms with Crippen molar-refractivity contribution in [3.05, 3.63) is 35.4 Å². The smallest absolute Gasteiger partial charge is 0.123 e. The van der Waals surface area contributed by atoms with E-state index < -0.39 is 5.60 Å². The van der Waals surface area contributed by atoms with Crippen molar-refractivity contribution >= 4 is 0 Å². The summed E-state index contributed by atoms with van der Waals surface area (Å²) in [5, 5.41) is 10.2. The average Bonchev–Trinajstić information content (AvgIpc) is 2.36. The predicted octanol–water partition coefficient (Wildman–Crippen LogP) is 3.79. The molecule has 1 N–H and O–H groups in total. The van der Waals surface area contributed by atoms with Crippen LogP contribution in [-0.2, 0) is 6.42 Å². The van der Waals surface area contributed by atoms with Crippen LogP contribution in [0.3, 0.4) is 0 Å². The zero-order valence-electron chi connectivity index (χ0n) is 12.0. The van der Waals surface area contributed by atoms with Crippen molar-refractivity contribution in [1.29, 1.82) is 0 Å². The van der Waals surface area contributed by atoms with Crippen molar-refractivity contribution in [1.82, 2.24) is 0 Å². The van der Waals surface area contributed by atoms with Gasteiger partial charge in [0.25, 0.3) is 0 Å². The van der Waals surface area contributed by atoms with Gasteiger partial charge in [0.15, 0.2) is 0 Å². The van der Waals surface area contributed by atoms with E-state index in [-0.39, 0.29) is 0 Å². The topological polar surface area (TPSA) is 20.2 Å². The van der Waals surface area contributed by atoms with E-state index in [0.717, 1.165) is 24.8 Å². The highest BCUT2D eigenvalue weighted by molar-refractivity contribution is 5.37. The Bertz CT molecular complexity index is 417. The number of aryl methyl sites for hydroxylation is 1. The van der Waals surface area contributed by atoms with Crippen LogP contribution < -0.4 is 0 Å². The van der Waals surface area contributed by atoms with Gasteiger partial charge in [0.1, 0.15) is 5.60 Å². The van der Waals surface area contributed by atoms with Gasteiger partial charge >= 0.3 is 0 Å². The third kappa shape index (κ3) is 4.94. The SMILES string of the molecule is CCc1ccc(C#CC(C)(O)CC(C)CC)cc1. The molecule has 0 aliphatic carbocycles. The molecule has 0 heterocycles. The van der Waals surface area contributed by atoms with Crippen molar-refractivity contribution in [2.45, 2.75) is 52.6 Å². The summed E-state index contributed by atoms with van der Waals surface area (Å²) in [6.07, 6.45) is 2.84. The minimum Gasteiger partial charge on any atom is -0.378 e. The van der Waals surface area contributed by atoms with Gasteiger partial charge in [-0.2, -0.15) is 0 Å². The van der Waals surface area contributed by atoms with Crippen LogP contribution in [0.1, 0.15) is 51.7 Å². The fraction of sp³-hybridized carbons (Fsp3) is 0.529. The van der Waals surface area contributed by atoms with E-state index in [1.807, 2.05) is 12.1 Å². The first kappa shape index (κ1) is 14.8. The zero-order chi connectivity index (χ0) is 13.6. The number of hydrogen-bond donors (Lipinski definition) is 1. The first-order valence-electron chi connectivity index (χ1n) is 6.81. The Morgan fingerprint density at radius 2 is 1.83 bits per heavy atom. The molecular weight excluding hydrogens is 220 g/mol. The summed E-state index contributed by atoms with van der Waals surface area (Å²) < 4.78 is 0. The minimum atomic E-state index is -0.890. The molecule has 0 fully saturated rings. The largest absolute Gasteiger partial charge is 0.378 e. The maximum atomic E-state index is 10.2. The molecule has 2 atom stereocenters. The van der Waals surface area contributed by atoms with Gasteiger partial charge in [-0.3, -0.25) is 0 Å². The molecule has 18 heavy (non-hydrogen) atoms. The Morgan fingerprint density at radius 1 is 1.22 bits per heavy atom. The summed E-state index contributed by atoms with van der Waals surface area (Å²) in [6, 6.07) is 8.22. The van der Waals surface area contributed by atoms with Gasteiger partial charge in [-0.15, -0.1) is 0 Å². The zero-order valence-corrected chi connectivity index (χ0v) is 12.0. The van der Waals surface area contributed by atoms with Crippen LogP contribution in [0.5, 0.6) is 0 Å². The summed E-state index contributed by atoms with van der Waals surface area (Å²) in [5.74, 6) is 6.55. The molecule has 0 aliphatic rings. The van der Waals surface area contributed by atoms with E-state index in [9.17, 15) is 5.11 Å². The number of benzene rings is 1. The lowest BCUT2D eigenvalue weighted by Crippen LogP contribution is -2.24. The highest BCUT2D eigenvalue weighted by atomic mass is 16.3. The van der Waals surface area contributed by atoms with E-state index in [0.29, 0.717) is 5.92 Å². The quantitative estimate of drug-likeness (QED) is 0.799. The summed E-state index contributed by atoms with van der Waals surface area (Å²) in [6.45, 7) is 8.22. The van der Waals surface area contributed by atoms with Gasteiger partial charge < -0.3 is 5.11 Å². The Morgan fingerprint density at radius 3 is 2.33 bits per heavy atom. The van der Waals surface area contributed by atoms with Crippen molar-refractivity contribution < 1.29 is 5.11 Å². The fourth-order valence-corrected chi connectivity index (χ4v) is 1.90. The lowest BCUT2D eigenvalue weighted by Gasteiger charge is -2.20. The van der Waals surface area contributed by atoms with Crippen LogP contribution >= 0.6 is 0 Å². The molecule has 98 valence electrons. The Kier molecular flexibility index (Phi) is 5.44. The molecule has 0 saturated heterocycles. The molecule has 2 unspecified atom stereocenters. The normalized spacial score (nSPS) is 15.4.